The molecule has 0 aromatic carbocycles. The Kier molecular flexibility index (Phi) is 4.35. The zero-order chi connectivity index (χ0) is 10.8. The van der Waals surface area contributed by atoms with E-state index in [1.807, 2.05) is 0 Å². The van der Waals surface area contributed by atoms with E-state index in [4.69, 9.17) is 34.8 Å². The van der Waals surface area contributed by atoms with E-state index in [0.717, 1.165) is 19.3 Å². The monoisotopic (exact) mass is 257 g/mol. The standard InChI is InChI=1S/C9H14Cl3NO/c1-6-3-2-4-7(5-6)13-8(14)9(10,11)12/h6-7H,2-5H2,1H3,(H,13,14). The lowest BCUT2D eigenvalue weighted by molar-refractivity contribution is -0.121. The fraction of sp³-hybridized carbons (Fsp3) is 0.889. The second-order valence-corrected chi connectivity index (χ2v) is 6.22. The number of nitrogens with one attached hydrogen (secondary N) is 1. The van der Waals surface area contributed by atoms with Crippen LogP contribution in [-0.4, -0.2) is 15.7 Å². The van der Waals surface area contributed by atoms with Crippen molar-refractivity contribution in [2.75, 3.05) is 0 Å². The average Bonchev–Trinajstić information content (AvgIpc) is 2.02. The number of rotatable bonds is 1. The Morgan fingerprint density at radius 2 is 2.00 bits per heavy atom. The third-order valence-corrected chi connectivity index (χ3v) is 3.04. The largest absolute Gasteiger partial charge is 0.350 e. The highest BCUT2D eigenvalue weighted by atomic mass is 35.6. The van der Waals surface area contributed by atoms with Crippen LogP contribution in [0.2, 0.25) is 0 Å². The van der Waals surface area contributed by atoms with Gasteiger partial charge in [-0.25, -0.2) is 0 Å². The summed E-state index contributed by atoms with van der Waals surface area (Å²) in [5.41, 5.74) is 0. The van der Waals surface area contributed by atoms with Gasteiger partial charge in [-0.2, -0.15) is 0 Å². The number of hydrogen-bond acceptors (Lipinski definition) is 1. The summed E-state index contributed by atoms with van der Waals surface area (Å²) in [6, 6.07) is 0.168. The predicted molar refractivity (Wildman–Crippen MR) is 59.9 cm³/mol. The summed E-state index contributed by atoms with van der Waals surface area (Å²) in [6.45, 7) is 2.17. The highest BCUT2D eigenvalue weighted by Crippen LogP contribution is 2.28. The maximum absolute atomic E-state index is 11.3. The van der Waals surface area contributed by atoms with E-state index in [2.05, 4.69) is 12.2 Å². The van der Waals surface area contributed by atoms with Crippen molar-refractivity contribution < 1.29 is 4.79 Å². The van der Waals surface area contributed by atoms with E-state index < -0.39 is 9.70 Å². The molecule has 0 bridgehead atoms. The zero-order valence-electron chi connectivity index (χ0n) is 8.03. The van der Waals surface area contributed by atoms with E-state index in [0.29, 0.717) is 5.92 Å². The first-order valence-corrected chi connectivity index (χ1v) is 5.90. The Hall–Kier alpha value is 0.340. The van der Waals surface area contributed by atoms with E-state index in [9.17, 15) is 4.79 Å². The summed E-state index contributed by atoms with van der Waals surface area (Å²) < 4.78 is -1.83. The van der Waals surface area contributed by atoms with E-state index in [-0.39, 0.29) is 6.04 Å². The molecule has 0 radical (unpaired) electrons. The van der Waals surface area contributed by atoms with Gasteiger partial charge in [0, 0.05) is 6.04 Å². The summed E-state index contributed by atoms with van der Waals surface area (Å²) in [7, 11) is 0. The van der Waals surface area contributed by atoms with Gasteiger partial charge in [0.1, 0.15) is 0 Å². The van der Waals surface area contributed by atoms with Crippen molar-refractivity contribution in [3.63, 3.8) is 0 Å². The first-order valence-electron chi connectivity index (χ1n) is 4.77. The molecule has 0 aliphatic heterocycles. The molecule has 0 saturated heterocycles. The molecule has 0 spiro atoms. The molecule has 1 amide bonds. The van der Waals surface area contributed by atoms with Crippen molar-refractivity contribution in [3.8, 4) is 0 Å². The summed E-state index contributed by atoms with van der Waals surface area (Å²) in [5, 5.41) is 2.75. The van der Waals surface area contributed by atoms with Crippen LogP contribution in [0.25, 0.3) is 0 Å². The van der Waals surface area contributed by atoms with Gasteiger partial charge in [-0.05, 0) is 18.8 Å². The zero-order valence-corrected chi connectivity index (χ0v) is 10.3. The van der Waals surface area contributed by atoms with Crippen LogP contribution in [0.3, 0.4) is 0 Å². The molecule has 1 aliphatic carbocycles. The lowest BCUT2D eigenvalue weighted by Gasteiger charge is -2.28. The molecule has 1 N–H and O–H groups in total. The van der Waals surface area contributed by atoms with Gasteiger partial charge in [0.2, 0.25) is 0 Å². The van der Waals surface area contributed by atoms with Gasteiger partial charge in [0.15, 0.2) is 0 Å². The van der Waals surface area contributed by atoms with Crippen LogP contribution in [0.15, 0.2) is 0 Å². The lowest BCUT2D eigenvalue weighted by Crippen LogP contribution is -2.43. The molecule has 82 valence electrons. The third-order valence-electron chi connectivity index (χ3n) is 2.53. The van der Waals surface area contributed by atoms with Crippen molar-refractivity contribution in [2.45, 2.75) is 42.4 Å². The summed E-state index contributed by atoms with van der Waals surface area (Å²) in [5.74, 6) is 0.131. The fourth-order valence-corrected chi connectivity index (χ4v) is 2.00. The van der Waals surface area contributed by atoms with Gasteiger partial charge in [-0.15, -0.1) is 0 Å². The molecule has 2 nitrogen and oxygen atoms in total. The van der Waals surface area contributed by atoms with Gasteiger partial charge in [-0.1, -0.05) is 54.6 Å². The first-order chi connectivity index (χ1) is 6.39. The van der Waals surface area contributed by atoms with E-state index in [1.54, 1.807) is 0 Å². The van der Waals surface area contributed by atoms with Crippen molar-refractivity contribution in [3.05, 3.63) is 0 Å². The smallest absolute Gasteiger partial charge is 0.272 e. The van der Waals surface area contributed by atoms with Crippen molar-refractivity contribution in [2.24, 2.45) is 5.92 Å². The van der Waals surface area contributed by atoms with Crippen LogP contribution in [-0.2, 0) is 4.79 Å². The van der Waals surface area contributed by atoms with Crippen molar-refractivity contribution >= 4 is 40.7 Å². The van der Waals surface area contributed by atoms with Crippen LogP contribution in [0, 0.1) is 5.92 Å². The molecule has 1 aliphatic rings. The molecule has 0 aromatic heterocycles. The van der Waals surface area contributed by atoms with E-state index in [1.165, 1.54) is 6.42 Å². The molecular weight excluding hydrogens is 244 g/mol. The molecule has 1 fully saturated rings. The number of carbonyl (C=O) groups is 1. The van der Waals surface area contributed by atoms with E-state index >= 15 is 0 Å². The maximum Gasteiger partial charge on any atom is 0.272 e. The van der Waals surface area contributed by atoms with Crippen molar-refractivity contribution in [1.29, 1.82) is 0 Å². The SMILES string of the molecule is CC1CCCC(NC(=O)C(Cl)(Cl)Cl)C1. The highest BCUT2D eigenvalue weighted by Gasteiger charge is 2.33. The molecule has 0 heterocycles. The van der Waals surface area contributed by atoms with Crippen LogP contribution < -0.4 is 5.32 Å². The second-order valence-electron chi connectivity index (χ2n) is 3.94. The molecule has 0 aromatic rings. The van der Waals surface area contributed by atoms with Crippen molar-refractivity contribution in [1.82, 2.24) is 5.32 Å². The minimum atomic E-state index is -1.83. The number of alkyl halides is 3. The quantitative estimate of drug-likeness (QED) is 0.720. The molecule has 1 rings (SSSR count). The summed E-state index contributed by atoms with van der Waals surface area (Å²) >= 11 is 16.4. The van der Waals surface area contributed by atoms with Crippen LogP contribution >= 0.6 is 34.8 Å². The Bertz CT molecular complexity index is 215. The molecule has 14 heavy (non-hydrogen) atoms. The highest BCUT2D eigenvalue weighted by molar-refractivity contribution is 6.76. The topological polar surface area (TPSA) is 29.1 Å². The number of halogens is 3. The second kappa shape index (κ2) is 4.91. The number of amides is 1. The molecule has 1 saturated carbocycles. The molecule has 2 unspecified atom stereocenters. The van der Waals surface area contributed by atoms with Gasteiger partial charge in [-0.3, -0.25) is 4.79 Å². The lowest BCUT2D eigenvalue weighted by atomic mass is 9.87. The normalized spacial score (nSPS) is 28.6. The van der Waals surface area contributed by atoms with Crippen LogP contribution in [0.5, 0.6) is 0 Å². The third kappa shape index (κ3) is 3.84. The Morgan fingerprint density at radius 1 is 1.36 bits per heavy atom. The number of carbonyl (C=O) groups excluding carboxylic acids is 1. The predicted octanol–water partition coefficient (Wildman–Crippen LogP) is 3.05. The minimum Gasteiger partial charge on any atom is -0.350 e. The number of hydrogen-bond donors (Lipinski definition) is 1. The van der Waals surface area contributed by atoms with Gasteiger partial charge in [0.25, 0.3) is 9.70 Å². The van der Waals surface area contributed by atoms with Gasteiger partial charge in [0.05, 0.1) is 0 Å². The van der Waals surface area contributed by atoms with Crippen LogP contribution in [0.1, 0.15) is 32.6 Å². The maximum atomic E-state index is 11.3. The Labute approximate surface area is 99.3 Å². The summed E-state index contributed by atoms with van der Waals surface area (Å²) in [4.78, 5) is 11.3. The molecule has 2 atom stereocenters. The summed E-state index contributed by atoms with van der Waals surface area (Å²) in [6.07, 6.45) is 4.31. The minimum absolute atomic E-state index is 0.168. The first kappa shape index (κ1) is 12.4. The van der Waals surface area contributed by atoms with Crippen LogP contribution in [0.4, 0.5) is 0 Å². The Balaban J connectivity index is 2.40. The fourth-order valence-electron chi connectivity index (χ4n) is 1.83. The Morgan fingerprint density at radius 3 is 2.50 bits per heavy atom. The molecular formula is C9H14Cl3NO. The van der Waals surface area contributed by atoms with Gasteiger partial charge >= 0.3 is 0 Å². The average molecular weight is 259 g/mol. The van der Waals surface area contributed by atoms with Gasteiger partial charge < -0.3 is 5.32 Å². The molecule has 5 heteroatoms.